The summed E-state index contributed by atoms with van der Waals surface area (Å²) in [7, 11) is 0. The van der Waals surface area contributed by atoms with Crippen molar-refractivity contribution in [2.45, 2.75) is 58.7 Å². The Kier molecular flexibility index (Phi) is 9.26. The van der Waals surface area contributed by atoms with Gasteiger partial charge in [-0.1, -0.05) is 26.0 Å². The number of allylic oxidation sites excluding steroid dienone is 2. The maximum absolute atomic E-state index is 13.2. The third-order valence-electron chi connectivity index (χ3n) is 5.32. The van der Waals surface area contributed by atoms with Crippen LogP contribution in [0.1, 0.15) is 52.0 Å². The molecule has 32 heavy (non-hydrogen) atoms. The first kappa shape index (κ1) is 25.4. The highest BCUT2D eigenvalue weighted by Gasteiger charge is 2.36. The highest BCUT2D eigenvalue weighted by Crippen LogP contribution is 2.45. The van der Waals surface area contributed by atoms with Gasteiger partial charge in [-0.15, -0.1) is 0 Å². The van der Waals surface area contributed by atoms with Gasteiger partial charge >= 0.3 is 12.1 Å². The molecular formula is C24H32FNO6. The van der Waals surface area contributed by atoms with Crippen LogP contribution >= 0.6 is 0 Å². The predicted molar refractivity (Wildman–Crippen MR) is 118 cm³/mol. The largest absolute Gasteiger partial charge is 0.508 e. The molecule has 3 N–H and O–H groups in total. The van der Waals surface area contributed by atoms with Gasteiger partial charge in [0.2, 0.25) is 0 Å². The Labute approximate surface area is 188 Å². The first-order chi connectivity index (χ1) is 15.2. The number of carbonyl (C=O) groups is 2. The van der Waals surface area contributed by atoms with Crippen LogP contribution in [-0.2, 0) is 19.0 Å². The number of hydrogen-bond donors (Lipinski definition) is 2. The van der Waals surface area contributed by atoms with E-state index < -0.39 is 12.3 Å². The van der Waals surface area contributed by atoms with E-state index in [4.69, 9.17) is 20.3 Å². The van der Waals surface area contributed by atoms with Crippen molar-refractivity contribution in [3.05, 3.63) is 53.5 Å². The molecule has 0 saturated carbocycles. The second kappa shape index (κ2) is 11.7. The van der Waals surface area contributed by atoms with Crippen LogP contribution < -0.4 is 5.73 Å². The lowest BCUT2D eigenvalue weighted by Crippen LogP contribution is -2.32. The highest BCUT2D eigenvalue weighted by molar-refractivity contribution is 5.74. The van der Waals surface area contributed by atoms with Gasteiger partial charge in [0.1, 0.15) is 11.9 Å². The molecule has 0 bridgehead atoms. The van der Waals surface area contributed by atoms with E-state index in [1.165, 1.54) is 18.3 Å². The summed E-state index contributed by atoms with van der Waals surface area (Å²) < 4.78 is 28.1. The predicted octanol–water partition coefficient (Wildman–Crippen LogP) is 4.10. The van der Waals surface area contributed by atoms with Gasteiger partial charge in [0, 0.05) is 12.8 Å². The van der Waals surface area contributed by atoms with Crippen LogP contribution in [0.25, 0.3) is 5.57 Å². The number of aliphatic hydroxyl groups is 1. The normalized spacial score (nSPS) is 22.6. The minimum absolute atomic E-state index is 0.167. The van der Waals surface area contributed by atoms with Gasteiger partial charge in [-0.3, -0.25) is 4.79 Å². The molecule has 0 spiro atoms. The first-order valence-corrected chi connectivity index (χ1v) is 10.7. The van der Waals surface area contributed by atoms with Crippen LogP contribution in [0.5, 0.6) is 0 Å². The third kappa shape index (κ3) is 7.37. The van der Waals surface area contributed by atoms with Crippen LogP contribution in [0.4, 0.5) is 9.18 Å². The summed E-state index contributed by atoms with van der Waals surface area (Å²) >= 11 is 0. The molecule has 176 valence electrons. The van der Waals surface area contributed by atoms with Gasteiger partial charge in [-0.05, 0) is 59.9 Å². The van der Waals surface area contributed by atoms with Crippen molar-refractivity contribution in [2.75, 3.05) is 13.2 Å². The minimum Gasteiger partial charge on any atom is -0.465 e. The molecule has 1 saturated heterocycles. The van der Waals surface area contributed by atoms with Crippen molar-refractivity contribution in [3.63, 3.8) is 0 Å². The van der Waals surface area contributed by atoms with Crippen molar-refractivity contribution in [2.24, 2.45) is 11.1 Å². The number of carbonyl (C=O) groups excluding carboxylic acids is 2. The van der Waals surface area contributed by atoms with Gasteiger partial charge < -0.3 is 25.1 Å². The number of esters is 1. The fourth-order valence-corrected chi connectivity index (χ4v) is 3.88. The lowest BCUT2D eigenvalue weighted by molar-refractivity contribution is -0.151. The van der Waals surface area contributed by atoms with Crippen LogP contribution in [-0.4, -0.2) is 42.7 Å². The zero-order chi connectivity index (χ0) is 23.7. The summed E-state index contributed by atoms with van der Waals surface area (Å²) in [5.74, 6) is -0.576. The zero-order valence-corrected chi connectivity index (χ0v) is 18.8. The first-order valence-electron chi connectivity index (χ1n) is 10.7. The molecule has 2 unspecified atom stereocenters. The van der Waals surface area contributed by atoms with E-state index in [-0.39, 0.29) is 36.3 Å². The Hall–Kier alpha value is -2.87. The molecule has 1 aliphatic heterocycles. The van der Waals surface area contributed by atoms with Crippen molar-refractivity contribution < 1.29 is 33.3 Å². The number of ether oxygens (including phenoxy) is 3. The summed E-state index contributed by atoms with van der Waals surface area (Å²) in [6.45, 7) is 6.54. The molecule has 1 fully saturated rings. The van der Waals surface area contributed by atoms with Crippen molar-refractivity contribution in [1.29, 1.82) is 0 Å². The number of benzene rings is 1. The van der Waals surface area contributed by atoms with Crippen molar-refractivity contribution in [1.82, 2.24) is 0 Å². The molecule has 8 heteroatoms. The summed E-state index contributed by atoms with van der Waals surface area (Å²) in [6, 6.07) is 6.32. The van der Waals surface area contributed by atoms with E-state index in [1.807, 2.05) is 6.08 Å². The Morgan fingerprint density at radius 2 is 2.00 bits per heavy atom. The summed E-state index contributed by atoms with van der Waals surface area (Å²) in [5.41, 5.74) is 8.35. The fourth-order valence-electron chi connectivity index (χ4n) is 3.88. The molecule has 1 aromatic carbocycles. The number of aliphatic hydroxyl groups excluding tert-OH is 1. The molecule has 2 atom stereocenters. The van der Waals surface area contributed by atoms with Crippen LogP contribution in [0.2, 0.25) is 0 Å². The maximum atomic E-state index is 13.2. The number of cyclic esters (lactones) is 1. The van der Waals surface area contributed by atoms with Crippen LogP contribution in [0, 0.1) is 11.2 Å². The van der Waals surface area contributed by atoms with Crippen molar-refractivity contribution in [3.8, 4) is 0 Å². The van der Waals surface area contributed by atoms with E-state index in [0.717, 1.165) is 16.7 Å². The van der Waals surface area contributed by atoms with Crippen LogP contribution in [0.3, 0.4) is 0 Å². The second-order valence-corrected chi connectivity index (χ2v) is 8.34. The van der Waals surface area contributed by atoms with Gasteiger partial charge in [-0.2, -0.15) is 0 Å². The molecular weight excluding hydrogens is 417 g/mol. The van der Waals surface area contributed by atoms with E-state index in [0.29, 0.717) is 25.9 Å². The smallest absolute Gasteiger partial charge is 0.465 e. The summed E-state index contributed by atoms with van der Waals surface area (Å²) in [4.78, 5) is 22.0. The Morgan fingerprint density at radius 1 is 1.31 bits per heavy atom. The molecule has 2 aliphatic rings. The van der Waals surface area contributed by atoms with Gasteiger partial charge in [-0.25, -0.2) is 9.18 Å². The molecule has 0 amide bonds. The lowest BCUT2D eigenvalue weighted by Gasteiger charge is -2.38. The quantitative estimate of drug-likeness (QED) is 0.666. The SMILES string of the molecule is CCOC(=O)OC1CC(c2ccc(F)cc2)=C(/C=C/N)C(C)(C)C1.O=C1CC(O)CCO1. The van der Waals surface area contributed by atoms with Gasteiger partial charge in [0.15, 0.2) is 0 Å². The Bertz CT molecular complexity index is 847. The minimum atomic E-state index is -0.658. The zero-order valence-electron chi connectivity index (χ0n) is 18.8. The average Bonchev–Trinajstić information content (AvgIpc) is 2.70. The lowest BCUT2D eigenvalue weighted by atomic mass is 9.70. The molecule has 3 rings (SSSR count). The van der Waals surface area contributed by atoms with Crippen molar-refractivity contribution >= 4 is 17.7 Å². The maximum Gasteiger partial charge on any atom is 0.508 e. The van der Waals surface area contributed by atoms with E-state index in [1.54, 1.807) is 19.1 Å². The topological polar surface area (TPSA) is 108 Å². The van der Waals surface area contributed by atoms with Gasteiger partial charge in [0.25, 0.3) is 0 Å². The fraction of sp³-hybridized carbons (Fsp3) is 0.500. The molecule has 1 aliphatic carbocycles. The summed E-state index contributed by atoms with van der Waals surface area (Å²) in [6.07, 6.45) is 3.92. The van der Waals surface area contributed by atoms with E-state index in [2.05, 4.69) is 18.6 Å². The highest BCUT2D eigenvalue weighted by atomic mass is 19.1. The van der Waals surface area contributed by atoms with E-state index in [9.17, 15) is 14.0 Å². The Balaban J connectivity index is 0.000000380. The number of hydrogen-bond acceptors (Lipinski definition) is 7. The molecule has 0 aromatic heterocycles. The summed E-state index contributed by atoms with van der Waals surface area (Å²) in [5, 5.41) is 8.78. The number of rotatable bonds is 4. The second-order valence-electron chi connectivity index (χ2n) is 8.34. The third-order valence-corrected chi connectivity index (χ3v) is 5.32. The Morgan fingerprint density at radius 3 is 2.53 bits per heavy atom. The molecule has 1 aromatic rings. The average molecular weight is 450 g/mol. The standard InChI is InChI=1S/C19H24FNO3.C5H8O3/c1-4-23-18(22)24-15-11-16(13-5-7-14(20)8-6-13)17(9-10-21)19(2,3)12-15;6-4-1-2-8-5(7)3-4/h5-10,15H,4,11-12,21H2,1-3H3;4,6H,1-3H2/b10-9+;. The molecule has 7 nitrogen and oxygen atoms in total. The molecule has 1 heterocycles. The van der Waals surface area contributed by atoms with Crippen LogP contribution in [0.15, 0.2) is 42.1 Å². The molecule has 0 radical (unpaired) electrons. The monoisotopic (exact) mass is 449 g/mol. The number of halogens is 1. The van der Waals surface area contributed by atoms with E-state index >= 15 is 0 Å². The number of nitrogens with two attached hydrogens (primary N) is 1. The van der Waals surface area contributed by atoms with Gasteiger partial charge in [0.05, 0.1) is 25.7 Å².